The fourth-order valence-electron chi connectivity index (χ4n) is 3.92. The predicted octanol–water partition coefficient (Wildman–Crippen LogP) is 2.03. The van der Waals surface area contributed by atoms with Gasteiger partial charge in [-0.15, -0.1) is 0 Å². The number of amides is 1. The van der Waals surface area contributed by atoms with E-state index in [4.69, 9.17) is 5.73 Å². The number of pyridine rings is 1. The number of nitrogens with zero attached hydrogens (tertiary/aromatic N) is 3. The Balaban J connectivity index is 1.57. The van der Waals surface area contributed by atoms with Crippen LogP contribution in [0, 0.1) is 5.92 Å². The summed E-state index contributed by atoms with van der Waals surface area (Å²) in [6, 6.07) is 5.60. The van der Waals surface area contributed by atoms with Crippen LogP contribution in [0.5, 0.6) is 0 Å². The Hall–Kier alpha value is -1.62. The topological polar surface area (TPSA) is 62.5 Å². The third-order valence-corrected chi connectivity index (χ3v) is 5.29. The Morgan fingerprint density at radius 3 is 2.74 bits per heavy atom. The van der Waals surface area contributed by atoms with Crippen LogP contribution in [-0.4, -0.2) is 48.0 Å². The quantitative estimate of drug-likeness (QED) is 0.903. The molecule has 0 radical (unpaired) electrons. The number of anilines is 1. The van der Waals surface area contributed by atoms with Crippen molar-refractivity contribution in [2.24, 2.45) is 11.7 Å². The molecule has 0 aromatic carbocycles. The summed E-state index contributed by atoms with van der Waals surface area (Å²) in [6.07, 6.45) is 8.98. The minimum Gasteiger partial charge on any atom is -0.368 e. The van der Waals surface area contributed by atoms with E-state index in [9.17, 15) is 4.79 Å². The van der Waals surface area contributed by atoms with Crippen molar-refractivity contribution in [2.75, 3.05) is 31.1 Å². The fourth-order valence-corrected chi connectivity index (χ4v) is 3.92. The van der Waals surface area contributed by atoms with Gasteiger partial charge in [0.15, 0.2) is 0 Å². The third-order valence-electron chi connectivity index (χ3n) is 5.29. The SMILES string of the molecule is NC(=O)C1CC(CCN2CCCCC2)CCN1c1ccccn1. The summed E-state index contributed by atoms with van der Waals surface area (Å²) in [6.45, 7) is 4.52. The summed E-state index contributed by atoms with van der Waals surface area (Å²) in [7, 11) is 0. The second kappa shape index (κ2) is 7.77. The van der Waals surface area contributed by atoms with Crippen LogP contribution in [0.1, 0.15) is 38.5 Å². The van der Waals surface area contributed by atoms with Crippen LogP contribution in [0.4, 0.5) is 5.82 Å². The van der Waals surface area contributed by atoms with Crippen molar-refractivity contribution < 1.29 is 4.79 Å². The van der Waals surface area contributed by atoms with Gasteiger partial charge in [-0.05, 0) is 69.8 Å². The predicted molar refractivity (Wildman–Crippen MR) is 92.2 cm³/mol. The Morgan fingerprint density at radius 1 is 1.22 bits per heavy atom. The smallest absolute Gasteiger partial charge is 0.240 e. The van der Waals surface area contributed by atoms with Crippen LogP contribution in [0.2, 0.25) is 0 Å². The van der Waals surface area contributed by atoms with E-state index in [2.05, 4.69) is 14.8 Å². The maximum absolute atomic E-state index is 11.9. The lowest BCUT2D eigenvalue weighted by atomic mass is 9.87. The summed E-state index contributed by atoms with van der Waals surface area (Å²) in [4.78, 5) is 21.0. The summed E-state index contributed by atoms with van der Waals surface area (Å²) >= 11 is 0. The summed E-state index contributed by atoms with van der Waals surface area (Å²) < 4.78 is 0. The lowest BCUT2D eigenvalue weighted by molar-refractivity contribution is -0.120. The van der Waals surface area contributed by atoms with Crippen molar-refractivity contribution >= 4 is 11.7 Å². The molecule has 0 aliphatic carbocycles. The Bertz CT molecular complexity index is 501. The number of aromatic nitrogens is 1. The van der Waals surface area contributed by atoms with Crippen molar-refractivity contribution in [3.8, 4) is 0 Å². The number of likely N-dealkylation sites (tertiary alicyclic amines) is 1. The van der Waals surface area contributed by atoms with Gasteiger partial charge in [-0.2, -0.15) is 0 Å². The molecule has 2 aliphatic rings. The van der Waals surface area contributed by atoms with Crippen molar-refractivity contribution in [1.29, 1.82) is 0 Å². The Labute approximate surface area is 138 Å². The van der Waals surface area contributed by atoms with Crippen LogP contribution in [0.15, 0.2) is 24.4 Å². The number of hydrogen-bond donors (Lipinski definition) is 1. The number of piperidine rings is 2. The van der Waals surface area contributed by atoms with Gasteiger partial charge in [0.2, 0.25) is 5.91 Å². The van der Waals surface area contributed by atoms with Crippen molar-refractivity contribution in [3.63, 3.8) is 0 Å². The van der Waals surface area contributed by atoms with Crippen LogP contribution in [0.3, 0.4) is 0 Å². The zero-order chi connectivity index (χ0) is 16.1. The Kier molecular flexibility index (Phi) is 5.49. The van der Waals surface area contributed by atoms with Gasteiger partial charge < -0.3 is 15.5 Å². The first-order valence-electron chi connectivity index (χ1n) is 8.93. The molecule has 2 unspecified atom stereocenters. The van der Waals surface area contributed by atoms with E-state index in [0.717, 1.165) is 25.2 Å². The molecule has 2 aliphatic heterocycles. The standard InChI is InChI=1S/C18H28N4O/c19-18(23)16-14-15(7-12-21-10-4-1-5-11-21)8-13-22(16)17-6-2-3-9-20-17/h2-3,6,9,15-16H,1,4-5,7-8,10-14H2,(H2,19,23). The van der Waals surface area contributed by atoms with Gasteiger partial charge in [-0.3, -0.25) is 4.79 Å². The molecule has 0 bridgehead atoms. The zero-order valence-corrected chi connectivity index (χ0v) is 13.9. The van der Waals surface area contributed by atoms with Crippen LogP contribution in [-0.2, 0) is 4.79 Å². The first-order valence-corrected chi connectivity index (χ1v) is 8.93. The molecule has 3 rings (SSSR count). The second-order valence-electron chi connectivity index (χ2n) is 6.88. The van der Waals surface area contributed by atoms with E-state index in [-0.39, 0.29) is 11.9 Å². The van der Waals surface area contributed by atoms with Crippen molar-refractivity contribution in [1.82, 2.24) is 9.88 Å². The maximum Gasteiger partial charge on any atom is 0.240 e. The van der Waals surface area contributed by atoms with E-state index in [1.165, 1.54) is 45.3 Å². The van der Waals surface area contributed by atoms with E-state index in [1.54, 1.807) is 6.20 Å². The molecule has 0 spiro atoms. The zero-order valence-electron chi connectivity index (χ0n) is 13.9. The molecule has 23 heavy (non-hydrogen) atoms. The normalized spacial score (nSPS) is 26.2. The highest BCUT2D eigenvalue weighted by molar-refractivity contribution is 5.83. The number of rotatable bonds is 5. The lowest BCUT2D eigenvalue weighted by Gasteiger charge is -2.39. The third kappa shape index (κ3) is 4.22. The summed E-state index contributed by atoms with van der Waals surface area (Å²) in [5.41, 5.74) is 5.68. The highest BCUT2D eigenvalue weighted by atomic mass is 16.1. The van der Waals surface area contributed by atoms with Gasteiger partial charge in [-0.25, -0.2) is 4.98 Å². The molecule has 5 heteroatoms. The average molecular weight is 316 g/mol. The maximum atomic E-state index is 11.9. The summed E-state index contributed by atoms with van der Waals surface area (Å²) in [5, 5.41) is 0. The second-order valence-corrected chi connectivity index (χ2v) is 6.88. The molecule has 2 fully saturated rings. The molecular weight excluding hydrogens is 288 g/mol. The molecular formula is C18H28N4O. The van der Waals surface area contributed by atoms with Gasteiger partial charge in [0.1, 0.15) is 11.9 Å². The van der Waals surface area contributed by atoms with Crippen molar-refractivity contribution in [2.45, 2.75) is 44.6 Å². The fraction of sp³-hybridized carbons (Fsp3) is 0.667. The van der Waals surface area contributed by atoms with Gasteiger partial charge in [-0.1, -0.05) is 12.5 Å². The largest absolute Gasteiger partial charge is 0.368 e. The molecule has 2 N–H and O–H groups in total. The van der Waals surface area contributed by atoms with Gasteiger partial charge >= 0.3 is 0 Å². The van der Waals surface area contributed by atoms with E-state index in [0.29, 0.717) is 5.92 Å². The van der Waals surface area contributed by atoms with Gasteiger partial charge in [0, 0.05) is 12.7 Å². The van der Waals surface area contributed by atoms with E-state index in [1.807, 2.05) is 18.2 Å². The molecule has 1 aromatic heterocycles. The molecule has 1 aromatic rings. The molecule has 1 amide bonds. The Morgan fingerprint density at radius 2 is 2.04 bits per heavy atom. The number of carbonyl (C=O) groups excluding carboxylic acids is 1. The van der Waals surface area contributed by atoms with Crippen LogP contribution < -0.4 is 10.6 Å². The average Bonchev–Trinajstić information content (AvgIpc) is 2.61. The minimum atomic E-state index is -0.224. The minimum absolute atomic E-state index is 0.218. The van der Waals surface area contributed by atoms with Crippen LogP contribution in [0.25, 0.3) is 0 Å². The molecule has 126 valence electrons. The van der Waals surface area contributed by atoms with Gasteiger partial charge in [0.05, 0.1) is 0 Å². The number of hydrogen-bond acceptors (Lipinski definition) is 4. The molecule has 3 heterocycles. The van der Waals surface area contributed by atoms with Crippen LogP contribution >= 0.6 is 0 Å². The molecule has 0 saturated carbocycles. The molecule has 2 atom stereocenters. The van der Waals surface area contributed by atoms with E-state index < -0.39 is 0 Å². The highest BCUT2D eigenvalue weighted by Gasteiger charge is 2.32. The van der Waals surface area contributed by atoms with Gasteiger partial charge in [0.25, 0.3) is 0 Å². The lowest BCUT2D eigenvalue weighted by Crippen LogP contribution is -2.50. The summed E-state index contributed by atoms with van der Waals surface area (Å²) in [5.74, 6) is 1.23. The molecule has 5 nitrogen and oxygen atoms in total. The number of primary amides is 1. The monoisotopic (exact) mass is 316 g/mol. The first kappa shape index (κ1) is 16.2. The van der Waals surface area contributed by atoms with E-state index >= 15 is 0 Å². The first-order chi connectivity index (χ1) is 11.2. The van der Waals surface area contributed by atoms with Crippen molar-refractivity contribution in [3.05, 3.63) is 24.4 Å². The molecule has 2 saturated heterocycles. The number of carbonyl (C=O) groups is 1. The number of nitrogens with two attached hydrogens (primary N) is 1. The highest BCUT2D eigenvalue weighted by Crippen LogP contribution is 2.29.